The topological polar surface area (TPSA) is 123 Å². The minimum absolute atomic E-state index is 0.152. The molecule has 0 saturated heterocycles. The van der Waals surface area contributed by atoms with Gasteiger partial charge in [-0.2, -0.15) is 4.79 Å². The van der Waals surface area contributed by atoms with Crippen LogP contribution in [0.5, 0.6) is 5.88 Å². The van der Waals surface area contributed by atoms with Crippen LogP contribution in [0.25, 0.3) is 11.3 Å². The highest BCUT2D eigenvalue weighted by molar-refractivity contribution is 6.00. The van der Waals surface area contributed by atoms with E-state index in [0.717, 1.165) is 23.1 Å². The van der Waals surface area contributed by atoms with Crippen molar-refractivity contribution in [2.45, 2.75) is 12.8 Å². The van der Waals surface area contributed by atoms with Gasteiger partial charge in [-0.15, -0.1) is 5.10 Å². The summed E-state index contributed by atoms with van der Waals surface area (Å²) >= 11 is 0. The maximum absolute atomic E-state index is 12.5. The zero-order chi connectivity index (χ0) is 18.3. The lowest BCUT2D eigenvalue weighted by Gasteiger charge is -2.18. The van der Waals surface area contributed by atoms with Crippen molar-refractivity contribution >= 4 is 11.8 Å². The van der Waals surface area contributed by atoms with Crippen molar-refractivity contribution in [3.63, 3.8) is 0 Å². The lowest BCUT2D eigenvalue weighted by Crippen LogP contribution is -2.26. The van der Waals surface area contributed by atoms with Crippen molar-refractivity contribution in [3.8, 4) is 17.1 Å². The number of carbonyl (C=O) groups excluding carboxylic acids is 2. The minimum atomic E-state index is -0.639. The third kappa shape index (κ3) is 2.57. The number of primary amides is 1. The fraction of sp³-hybridized carbons (Fsp3) is 0.111. The molecule has 1 aromatic carbocycles. The number of benzene rings is 1. The molecule has 1 aliphatic rings. The average molecular weight is 349 g/mol. The molecule has 0 radical (unpaired) electrons. The van der Waals surface area contributed by atoms with Gasteiger partial charge < -0.3 is 10.8 Å². The molecule has 3 aromatic rings. The molecule has 0 saturated carbocycles. The van der Waals surface area contributed by atoms with Gasteiger partial charge >= 0.3 is 0 Å². The molecule has 8 nitrogen and oxygen atoms in total. The summed E-state index contributed by atoms with van der Waals surface area (Å²) in [6, 6.07) is 10.5. The van der Waals surface area contributed by atoms with Crippen LogP contribution < -0.4 is 11.2 Å². The molecular formula is C18H15N5O3. The normalized spacial score (nSPS) is 12.2. The van der Waals surface area contributed by atoms with Gasteiger partial charge in [0.2, 0.25) is 5.88 Å². The summed E-state index contributed by atoms with van der Waals surface area (Å²) in [5.74, 6) is -1.29. The van der Waals surface area contributed by atoms with E-state index in [1.807, 2.05) is 24.3 Å². The SMILES string of the molecule is NC(=O)c1nn(NC(=O)c2ccc(O)nc2)c2c1CCc1ccccc1-2. The van der Waals surface area contributed by atoms with Crippen LogP contribution in [0, 0.1) is 0 Å². The van der Waals surface area contributed by atoms with Gasteiger partial charge in [0, 0.05) is 23.4 Å². The molecule has 0 atom stereocenters. The first-order valence-electron chi connectivity index (χ1n) is 8.01. The largest absolute Gasteiger partial charge is 0.493 e. The standard InChI is InChI=1S/C18H15N5O3/c19-17(25)15-13-7-5-10-3-1-2-4-12(10)16(13)23(21-15)22-18(26)11-6-8-14(24)20-9-11/h1-4,6,8-9H,5,7H2,(H2,19,25)(H,20,24)(H,22,26). The number of hydrogen-bond acceptors (Lipinski definition) is 5. The molecular weight excluding hydrogens is 334 g/mol. The third-order valence-electron chi connectivity index (χ3n) is 4.35. The number of nitrogens with one attached hydrogen (secondary N) is 1. The molecule has 8 heteroatoms. The Morgan fingerprint density at radius 3 is 2.69 bits per heavy atom. The Morgan fingerprint density at radius 1 is 1.15 bits per heavy atom. The number of pyridine rings is 1. The van der Waals surface area contributed by atoms with Gasteiger partial charge in [-0.25, -0.2) is 10.4 Å². The van der Waals surface area contributed by atoms with Crippen molar-refractivity contribution in [1.82, 2.24) is 14.9 Å². The number of hydrogen-bond donors (Lipinski definition) is 3. The van der Waals surface area contributed by atoms with Crippen LogP contribution >= 0.6 is 0 Å². The minimum Gasteiger partial charge on any atom is -0.493 e. The second-order valence-corrected chi connectivity index (χ2v) is 5.95. The fourth-order valence-corrected chi connectivity index (χ4v) is 3.15. The highest BCUT2D eigenvalue weighted by Crippen LogP contribution is 2.34. The monoisotopic (exact) mass is 349 g/mol. The molecule has 26 heavy (non-hydrogen) atoms. The molecule has 2 aromatic heterocycles. The number of nitrogens with two attached hydrogens (primary N) is 1. The van der Waals surface area contributed by atoms with Crippen molar-refractivity contribution in [3.05, 3.63) is 65.0 Å². The number of amides is 2. The van der Waals surface area contributed by atoms with E-state index in [1.54, 1.807) is 0 Å². The summed E-state index contributed by atoms with van der Waals surface area (Å²) < 4.78 is 0. The number of fused-ring (bicyclic) bond motifs is 3. The van der Waals surface area contributed by atoms with Crippen LogP contribution in [0.3, 0.4) is 0 Å². The summed E-state index contributed by atoms with van der Waals surface area (Å²) in [7, 11) is 0. The molecule has 130 valence electrons. The van der Waals surface area contributed by atoms with Gasteiger partial charge in [0.1, 0.15) is 0 Å². The highest BCUT2D eigenvalue weighted by atomic mass is 16.3. The number of aromatic nitrogens is 3. The molecule has 2 heterocycles. The van der Waals surface area contributed by atoms with Crippen molar-refractivity contribution < 1.29 is 14.7 Å². The highest BCUT2D eigenvalue weighted by Gasteiger charge is 2.28. The van der Waals surface area contributed by atoms with Crippen molar-refractivity contribution in [2.75, 3.05) is 5.43 Å². The van der Waals surface area contributed by atoms with Gasteiger partial charge in [0.05, 0.1) is 11.3 Å². The Bertz CT molecular complexity index is 1020. The van der Waals surface area contributed by atoms with E-state index >= 15 is 0 Å². The van der Waals surface area contributed by atoms with Gasteiger partial charge in [-0.05, 0) is 24.5 Å². The first kappa shape index (κ1) is 15.8. The molecule has 0 aliphatic heterocycles. The van der Waals surface area contributed by atoms with Gasteiger partial charge in [0.25, 0.3) is 11.8 Å². The Hall–Kier alpha value is -3.68. The summed E-state index contributed by atoms with van der Waals surface area (Å²) in [6.45, 7) is 0. The van der Waals surface area contributed by atoms with Gasteiger partial charge in [0.15, 0.2) is 5.69 Å². The molecule has 0 unspecified atom stereocenters. The van der Waals surface area contributed by atoms with Crippen LogP contribution in [0.1, 0.15) is 32.0 Å². The molecule has 2 amide bonds. The third-order valence-corrected chi connectivity index (χ3v) is 4.35. The second kappa shape index (κ2) is 5.99. The van der Waals surface area contributed by atoms with E-state index in [9.17, 15) is 14.7 Å². The van der Waals surface area contributed by atoms with E-state index in [0.29, 0.717) is 12.1 Å². The van der Waals surface area contributed by atoms with E-state index < -0.39 is 11.8 Å². The molecule has 1 aliphatic carbocycles. The van der Waals surface area contributed by atoms with Crippen molar-refractivity contribution in [2.24, 2.45) is 5.73 Å². The van der Waals surface area contributed by atoms with Crippen LogP contribution in [-0.2, 0) is 12.8 Å². The smallest absolute Gasteiger partial charge is 0.272 e. The zero-order valence-corrected chi connectivity index (χ0v) is 13.6. The number of aryl methyl sites for hydroxylation is 1. The first-order valence-corrected chi connectivity index (χ1v) is 8.01. The van der Waals surface area contributed by atoms with E-state index in [2.05, 4.69) is 15.5 Å². The van der Waals surface area contributed by atoms with Crippen LogP contribution in [-0.4, -0.2) is 31.8 Å². The number of aromatic hydroxyl groups is 1. The fourth-order valence-electron chi connectivity index (χ4n) is 3.15. The van der Waals surface area contributed by atoms with Gasteiger partial charge in [-0.3, -0.25) is 9.59 Å². The lowest BCUT2D eigenvalue weighted by molar-refractivity contribution is 0.0983. The van der Waals surface area contributed by atoms with E-state index in [4.69, 9.17) is 5.73 Å². The summed E-state index contributed by atoms with van der Waals surface area (Å²) in [5, 5.41) is 13.5. The average Bonchev–Trinajstić information content (AvgIpc) is 3.01. The van der Waals surface area contributed by atoms with Crippen LogP contribution in [0.2, 0.25) is 0 Å². The quantitative estimate of drug-likeness (QED) is 0.656. The Morgan fingerprint density at radius 2 is 1.96 bits per heavy atom. The molecule has 0 fully saturated rings. The molecule has 0 spiro atoms. The summed E-state index contributed by atoms with van der Waals surface area (Å²) in [6.07, 6.45) is 2.63. The Balaban J connectivity index is 1.79. The molecule has 4 N–H and O–H groups in total. The van der Waals surface area contributed by atoms with E-state index in [-0.39, 0.29) is 17.1 Å². The van der Waals surface area contributed by atoms with Crippen LogP contribution in [0.4, 0.5) is 0 Å². The Kier molecular flexibility index (Phi) is 3.65. The van der Waals surface area contributed by atoms with Crippen molar-refractivity contribution in [1.29, 1.82) is 0 Å². The number of nitrogens with zero attached hydrogens (tertiary/aromatic N) is 3. The lowest BCUT2D eigenvalue weighted by atomic mass is 9.89. The molecule has 0 bridgehead atoms. The maximum atomic E-state index is 12.5. The predicted octanol–water partition coefficient (Wildman–Crippen LogP) is 1.23. The first-order chi connectivity index (χ1) is 12.5. The molecule has 4 rings (SSSR count). The summed E-state index contributed by atoms with van der Waals surface area (Å²) in [4.78, 5) is 29.3. The maximum Gasteiger partial charge on any atom is 0.272 e. The summed E-state index contributed by atoms with van der Waals surface area (Å²) in [5.41, 5.74) is 11.9. The second-order valence-electron chi connectivity index (χ2n) is 5.95. The van der Waals surface area contributed by atoms with Gasteiger partial charge in [-0.1, -0.05) is 24.3 Å². The Labute approximate surface area is 148 Å². The van der Waals surface area contributed by atoms with E-state index in [1.165, 1.54) is 23.1 Å². The van der Waals surface area contributed by atoms with Crippen LogP contribution in [0.15, 0.2) is 42.6 Å². The predicted molar refractivity (Wildman–Crippen MR) is 93.2 cm³/mol. The number of rotatable bonds is 3. The zero-order valence-electron chi connectivity index (χ0n) is 13.6. The number of carbonyl (C=O) groups is 2.